The first-order chi connectivity index (χ1) is 8.11. The molecule has 1 N–H and O–H groups in total. The lowest BCUT2D eigenvalue weighted by atomic mass is 10.2. The van der Waals surface area contributed by atoms with Crippen LogP contribution in [-0.2, 0) is 6.61 Å². The van der Waals surface area contributed by atoms with Crippen molar-refractivity contribution in [1.29, 1.82) is 0 Å². The van der Waals surface area contributed by atoms with Crippen LogP contribution in [0.4, 0.5) is 0 Å². The van der Waals surface area contributed by atoms with Gasteiger partial charge in [0.25, 0.3) is 5.56 Å². The number of hydrogen-bond acceptors (Lipinski definition) is 3. The van der Waals surface area contributed by atoms with Gasteiger partial charge in [0.1, 0.15) is 0 Å². The van der Waals surface area contributed by atoms with Crippen LogP contribution in [0, 0.1) is 6.92 Å². The summed E-state index contributed by atoms with van der Waals surface area (Å²) in [5, 5.41) is 13.2. The molecule has 2 aromatic rings. The number of aliphatic hydroxyl groups is 1. The third kappa shape index (κ3) is 2.45. The van der Waals surface area contributed by atoms with Crippen molar-refractivity contribution in [3.8, 4) is 5.69 Å². The maximum atomic E-state index is 11.8. The van der Waals surface area contributed by atoms with E-state index >= 15 is 0 Å². The highest BCUT2D eigenvalue weighted by molar-refractivity contribution is 9.10. The Kier molecular flexibility index (Phi) is 3.40. The number of aromatic nitrogens is 2. The molecule has 2 rings (SSSR count). The molecule has 0 radical (unpaired) electrons. The zero-order chi connectivity index (χ0) is 12.4. The van der Waals surface area contributed by atoms with Crippen LogP contribution in [0.5, 0.6) is 0 Å². The van der Waals surface area contributed by atoms with Crippen LogP contribution in [0.1, 0.15) is 11.3 Å². The highest BCUT2D eigenvalue weighted by atomic mass is 79.9. The van der Waals surface area contributed by atoms with Crippen molar-refractivity contribution in [2.75, 3.05) is 0 Å². The molecule has 0 aliphatic carbocycles. The molecule has 0 unspecified atom stereocenters. The van der Waals surface area contributed by atoms with Gasteiger partial charge in [0, 0.05) is 16.1 Å². The molecular weight excluding hydrogens is 284 g/mol. The molecule has 17 heavy (non-hydrogen) atoms. The largest absolute Gasteiger partial charge is 0.392 e. The Morgan fingerprint density at radius 1 is 1.41 bits per heavy atom. The fourth-order valence-electron chi connectivity index (χ4n) is 1.53. The zero-order valence-electron chi connectivity index (χ0n) is 9.22. The Morgan fingerprint density at radius 2 is 2.18 bits per heavy atom. The molecule has 0 aliphatic heterocycles. The summed E-state index contributed by atoms with van der Waals surface area (Å²) >= 11 is 3.35. The Labute approximate surface area is 107 Å². The molecular formula is C12H11BrN2O2. The number of benzene rings is 1. The molecule has 1 aromatic carbocycles. The topological polar surface area (TPSA) is 55.1 Å². The first-order valence-electron chi connectivity index (χ1n) is 5.08. The minimum Gasteiger partial charge on any atom is -0.392 e. The number of rotatable bonds is 2. The minimum atomic E-state index is -0.252. The van der Waals surface area contributed by atoms with Crippen molar-refractivity contribution in [3.63, 3.8) is 0 Å². The second kappa shape index (κ2) is 4.81. The quantitative estimate of drug-likeness (QED) is 0.919. The first kappa shape index (κ1) is 12.0. The highest BCUT2D eigenvalue weighted by Crippen LogP contribution is 2.13. The predicted molar refractivity (Wildman–Crippen MR) is 68.2 cm³/mol. The van der Waals surface area contributed by atoms with Gasteiger partial charge >= 0.3 is 0 Å². The minimum absolute atomic E-state index is 0.173. The van der Waals surface area contributed by atoms with E-state index in [1.807, 2.05) is 18.2 Å². The molecule has 0 fully saturated rings. The molecule has 0 aliphatic rings. The molecule has 0 saturated carbocycles. The third-order valence-electron chi connectivity index (χ3n) is 2.44. The number of hydrogen-bond donors (Lipinski definition) is 1. The molecule has 0 amide bonds. The molecule has 0 bridgehead atoms. The third-order valence-corrected chi connectivity index (χ3v) is 2.94. The van der Waals surface area contributed by atoms with Crippen LogP contribution < -0.4 is 5.56 Å². The van der Waals surface area contributed by atoms with Gasteiger partial charge in [-0.05, 0) is 25.1 Å². The van der Waals surface area contributed by atoms with E-state index in [0.717, 1.165) is 4.47 Å². The van der Waals surface area contributed by atoms with E-state index in [0.29, 0.717) is 16.9 Å². The van der Waals surface area contributed by atoms with E-state index in [9.17, 15) is 4.79 Å². The number of nitrogens with zero attached hydrogens (tertiary/aromatic N) is 2. The molecule has 1 aromatic heterocycles. The van der Waals surface area contributed by atoms with Crippen LogP contribution in [0.15, 0.2) is 39.6 Å². The maximum Gasteiger partial charge on any atom is 0.271 e. The fourth-order valence-corrected chi connectivity index (χ4v) is 1.92. The van der Waals surface area contributed by atoms with Crippen molar-refractivity contribution < 1.29 is 5.11 Å². The zero-order valence-corrected chi connectivity index (χ0v) is 10.8. The van der Waals surface area contributed by atoms with E-state index in [1.54, 1.807) is 13.0 Å². The molecule has 88 valence electrons. The van der Waals surface area contributed by atoms with E-state index in [2.05, 4.69) is 21.0 Å². The first-order valence-corrected chi connectivity index (χ1v) is 5.88. The van der Waals surface area contributed by atoms with E-state index < -0.39 is 0 Å². The highest BCUT2D eigenvalue weighted by Gasteiger charge is 2.06. The average Bonchev–Trinajstić information content (AvgIpc) is 2.31. The van der Waals surface area contributed by atoms with Crippen LogP contribution in [0.3, 0.4) is 0 Å². The summed E-state index contributed by atoms with van der Waals surface area (Å²) in [6.07, 6.45) is 0. The Bertz CT molecular complexity index is 608. The van der Waals surface area contributed by atoms with Gasteiger partial charge in [0.05, 0.1) is 18.0 Å². The summed E-state index contributed by atoms with van der Waals surface area (Å²) in [6.45, 7) is 1.59. The van der Waals surface area contributed by atoms with Gasteiger partial charge in [-0.25, -0.2) is 0 Å². The van der Waals surface area contributed by atoms with Crippen LogP contribution in [0.2, 0.25) is 0 Å². The molecule has 0 spiro atoms. The van der Waals surface area contributed by atoms with Gasteiger partial charge < -0.3 is 5.11 Å². The fraction of sp³-hybridized carbons (Fsp3) is 0.167. The van der Waals surface area contributed by atoms with E-state index in [-0.39, 0.29) is 12.2 Å². The molecule has 1 heterocycles. The average molecular weight is 295 g/mol. The lowest BCUT2D eigenvalue weighted by molar-refractivity contribution is 0.279. The summed E-state index contributed by atoms with van der Waals surface area (Å²) in [5.74, 6) is 0. The lowest BCUT2D eigenvalue weighted by Gasteiger charge is -2.08. The standard InChI is InChI=1S/C12H11BrN2O2/c1-8-9(7-16)5-12(17)15(14-8)11-4-2-3-10(13)6-11/h2-6,16H,7H2,1H3. The van der Waals surface area contributed by atoms with Gasteiger partial charge in [-0.3, -0.25) is 4.79 Å². The van der Waals surface area contributed by atoms with Gasteiger partial charge in [-0.1, -0.05) is 22.0 Å². The lowest BCUT2D eigenvalue weighted by Crippen LogP contribution is -2.22. The Hall–Kier alpha value is -1.46. The van der Waals surface area contributed by atoms with Gasteiger partial charge in [-0.2, -0.15) is 9.78 Å². The predicted octanol–water partition coefficient (Wildman–Crippen LogP) is 1.80. The van der Waals surface area contributed by atoms with Gasteiger partial charge in [-0.15, -0.1) is 0 Å². The van der Waals surface area contributed by atoms with Gasteiger partial charge in [0.15, 0.2) is 0 Å². The summed E-state index contributed by atoms with van der Waals surface area (Å²) in [4.78, 5) is 11.8. The summed E-state index contributed by atoms with van der Waals surface area (Å²) < 4.78 is 2.20. The maximum absolute atomic E-state index is 11.8. The monoisotopic (exact) mass is 294 g/mol. The van der Waals surface area contributed by atoms with Crippen molar-refractivity contribution in [2.45, 2.75) is 13.5 Å². The smallest absolute Gasteiger partial charge is 0.271 e. The Balaban J connectivity index is 2.61. The number of aliphatic hydroxyl groups excluding tert-OH is 1. The molecule has 0 saturated heterocycles. The number of aryl methyl sites for hydroxylation is 1. The van der Waals surface area contributed by atoms with Crippen LogP contribution in [-0.4, -0.2) is 14.9 Å². The van der Waals surface area contributed by atoms with Crippen LogP contribution in [0.25, 0.3) is 5.69 Å². The van der Waals surface area contributed by atoms with Crippen molar-refractivity contribution in [1.82, 2.24) is 9.78 Å². The second-order valence-corrected chi connectivity index (χ2v) is 4.56. The Morgan fingerprint density at radius 3 is 2.82 bits per heavy atom. The summed E-state index contributed by atoms with van der Waals surface area (Å²) in [5.41, 5.74) is 1.64. The van der Waals surface area contributed by atoms with Crippen molar-refractivity contribution >= 4 is 15.9 Å². The van der Waals surface area contributed by atoms with E-state index in [4.69, 9.17) is 5.11 Å². The summed E-state index contributed by atoms with van der Waals surface area (Å²) in [7, 11) is 0. The van der Waals surface area contributed by atoms with Gasteiger partial charge in [0.2, 0.25) is 0 Å². The molecule has 4 nitrogen and oxygen atoms in total. The molecule has 5 heteroatoms. The van der Waals surface area contributed by atoms with Crippen molar-refractivity contribution in [2.24, 2.45) is 0 Å². The summed E-state index contributed by atoms with van der Waals surface area (Å²) in [6, 6.07) is 8.74. The molecule has 0 atom stereocenters. The van der Waals surface area contributed by atoms with E-state index in [1.165, 1.54) is 10.7 Å². The number of halogens is 1. The normalized spacial score (nSPS) is 10.5. The SMILES string of the molecule is Cc1nn(-c2cccc(Br)c2)c(=O)cc1CO. The van der Waals surface area contributed by atoms with Crippen LogP contribution >= 0.6 is 15.9 Å². The second-order valence-electron chi connectivity index (χ2n) is 3.64. The van der Waals surface area contributed by atoms with Crippen molar-refractivity contribution in [3.05, 3.63) is 56.4 Å².